The molecule has 4 N–H and O–H groups in total. The van der Waals surface area contributed by atoms with Crippen LogP contribution in [0.25, 0.3) is 11.0 Å². The quantitative estimate of drug-likeness (QED) is 0.655. The van der Waals surface area contributed by atoms with Crippen molar-refractivity contribution in [2.75, 3.05) is 11.1 Å². The maximum atomic E-state index is 12.2. The number of aryl methyl sites for hydroxylation is 2. The summed E-state index contributed by atoms with van der Waals surface area (Å²) in [6.07, 6.45) is 0. The van der Waals surface area contributed by atoms with E-state index in [0.29, 0.717) is 23.0 Å². The molecule has 0 aliphatic carbocycles. The average Bonchev–Trinajstić information content (AvgIpc) is 2.90. The van der Waals surface area contributed by atoms with Crippen LogP contribution in [0, 0.1) is 6.92 Å². The molecule has 7 heteroatoms. The number of hydrogen-bond donors (Lipinski definition) is 3. The molecule has 0 saturated heterocycles. The van der Waals surface area contributed by atoms with Gasteiger partial charge in [0, 0.05) is 7.05 Å². The summed E-state index contributed by atoms with van der Waals surface area (Å²) in [6, 6.07) is 7.54. The second-order valence-corrected chi connectivity index (χ2v) is 4.53. The monoisotopic (exact) mass is 270 g/mol. The smallest absolute Gasteiger partial charge is 0.278 e. The predicted molar refractivity (Wildman–Crippen MR) is 76.4 cm³/mol. The minimum absolute atomic E-state index is 0.322. The van der Waals surface area contributed by atoms with E-state index in [0.717, 1.165) is 11.0 Å². The van der Waals surface area contributed by atoms with Crippen LogP contribution in [-0.4, -0.2) is 25.7 Å². The molecule has 2 heterocycles. The molecule has 3 rings (SSSR count). The molecule has 20 heavy (non-hydrogen) atoms. The number of amides is 1. The van der Waals surface area contributed by atoms with Crippen molar-refractivity contribution in [1.82, 2.24) is 19.7 Å². The lowest BCUT2D eigenvalue weighted by atomic mass is 10.3. The molecule has 0 bridgehead atoms. The molecule has 0 atom stereocenters. The third-order valence-corrected chi connectivity index (χ3v) is 3.10. The standard InChI is InChI=1S/C13H14N6O/c1-7-10(14)11(19(2)18-7)12(20)17-13-15-8-5-3-4-6-9(8)16-13/h3-6H,14H2,1-2H3,(H2,15,16,17,20). The summed E-state index contributed by atoms with van der Waals surface area (Å²) in [4.78, 5) is 19.5. The largest absolute Gasteiger partial charge is 0.395 e. The van der Waals surface area contributed by atoms with Gasteiger partial charge >= 0.3 is 0 Å². The van der Waals surface area contributed by atoms with Gasteiger partial charge in [0.1, 0.15) is 5.69 Å². The summed E-state index contributed by atoms with van der Waals surface area (Å²) in [5.41, 5.74) is 8.83. The Kier molecular flexibility index (Phi) is 2.67. The van der Waals surface area contributed by atoms with Crippen molar-refractivity contribution in [1.29, 1.82) is 0 Å². The first-order chi connectivity index (χ1) is 9.56. The number of imidazole rings is 1. The number of rotatable bonds is 2. The Morgan fingerprint density at radius 1 is 1.40 bits per heavy atom. The molecule has 0 fully saturated rings. The SMILES string of the molecule is Cc1nn(C)c(C(=O)Nc2nc3ccccc3[nH]2)c1N. The van der Waals surface area contributed by atoms with Crippen molar-refractivity contribution in [2.24, 2.45) is 7.05 Å². The van der Waals surface area contributed by atoms with Crippen molar-refractivity contribution >= 4 is 28.6 Å². The van der Waals surface area contributed by atoms with Crippen LogP contribution >= 0.6 is 0 Å². The number of aromatic amines is 1. The van der Waals surface area contributed by atoms with Crippen LogP contribution in [-0.2, 0) is 7.05 Å². The summed E-state index contributed by atoms with van der Waals surface area (Å²) < 4.78 is 1.46. The van der Waals surface area contributed by atoms with Gasteiger partial charge in [-0.15, -0.1) is 0 Å². The third kappa shape index (κ3) is 1.89. The number of H-pyrrole nitrogens is 1. The van der Waals surface area contributed by atoms with E-state index in [9.17, 15) is 4.79 Å². The molecular formula is C13H14N6O. The van der Waals surface area contributed by atoms with E-state index in [1.807, 2.05) is 24.3 Å². The van der Waals surface area contributed by atoms with Gasteiger partial charge in [0.25, 0.3) is 5.91 Å². The Balaban J connectivity index is 1.92. The van der Waals surface area contributed by atoms with Gasteiger partial charge in [-0.2, -0.15) is 5.10 Å². The normalized spacial score (nSPS) is 10.9. The van der Waals surface area contributed by atoms with Crippen molar-refractivity contribution < 1.29 is 4.79 Å². The fraction of sp³-hybridized carbons (Fsp3) is 0.154. The van der Waals surface area contributed by atoms with Gasteiger partial charge in [-0.3, -0.25) is 14.8 Å². The lowest BCUT2D eigenvalue weighted by Gasteiger charge is -2.03. The number of hydrogen-bond acceptors (Lipinski definition) is 4. The van der Waals surface area contributed by atoms with Crippen molar-refractivity contribution in [3.05, 3.63) is 35.7 Å². The first-order valence-electron chi connectivity index (χ1n) is 6.11. The summed E-state index contributed by atoms with van der Waals surface area (Å²) >= 11 is 0. The van der Waals surface area contributed by atoms with E-state index in [2.05, 4.69) is 20.4 Å². The third-order valence-electron chi connectivity index (χ3n) is 3.10. The van der Waals surface area contributed by atoms with E-state index in [1.54, 1.807) is 14.0 Å². The summed E-state index contributed by atoms with van der Waals surface area (Å²) in [5.74, 6) is 0.0408. The van der Waals surface area contributed by atoms with Gasteiger partial charge in [-0.1, -0.05) is 12.1 Å². The number of nitrogen functional groups attached to an aromatic ring is 1. The molecule has 102 valence electrons. The number of carbonyl (C=O) groups excluding carboxylic acids is 1. The first kappa shape index (κ1) is 12.2. The highest BCUT2D eigenvalue weighted by Crippen LogP contribution is 2.18. The Labute approximate surface area is 114 Å². The van der Waals surface area contributed by atoms with Gasteiger partial charge in [-0.25, -0.2) is 4.98 Å². The number of aromatic nitrogens is 4. The zero-order valence-corrected chi connectivity index (χ0v) is 11.1. The summed E-state index contributed by atoms with van der Waals surface area (Å²) in [7, 11) is 1.68. The zero-order valence-electron chi connectivity index (χ0n) is 11.1. The maximum Gasteiger partial charge on any atom is 0.278 e. The Bertz CT molecular complexity index is 767. The van der Waals surface area contributed by atoms with Gasteiger partial charge in [-0.05, 0) is 19.1 Å². The van der Waals surface area contributed by atoms with Crippen LogP contribution in [0.3, 0.4) is 0 Å². The molecule has 2 aromatic heterocycles. The number of anilines is 2. The first-order valence-corrected chi connectivity index (χ1v) is 6.11. The maximum absolute atomic E-state index is 12.2. The molecule has 0 radical (unpaired) electrons. The number of nitrogens with two attached hydrogens (primary N) is 1. The number of carbonyl (C=O) groups is 1. The van der Waals surface area contributed by atoms with Gasteiger partial charge in [0.15, 0.2) is 0 Å². The van der Waals surface area contributed by atoms with Crippen molar-refractivity contribution in [2.45, 2.75) is 6.92 Å². The second-order valence-electron chi connectivity index (χ2n) is 4.53. The zero-order chi connectivity index (χ0) is 14.3. The van der Waals surface area contributed by atoms with E-state index in [-0.39, 0.29) is 5.91 Å². The number of nitrogens with one attached hydrogen (secondary N) is 2. The number of nitrogens with zero attached hydrogens (tertiary/aromatic N) is 3. The molecule has 0 saturated carbocycles. The van der Waals surface area contributed by atoms with Crippen molar-refractivity contribution in [3.8, 4) is 0 Å². The van der Waals surface area contributed by atoms with Gasteiger partial charge in [0.05, 0.1) is 22.4 Å². The van der Waals surface area contributed by atoms with Crippen LogP contribution in [0.5, 0.6) is 0 Å². The molecule has 0 unspecified atom stereocenters. The number of benzene rings is 1. The highest BCUT2D eigenvalue weighted by molar-refractivity contribution is 6.06. The summed E-state index contributed by atoms with van der Waals surface area (Å²) in [5, 5.41) is 6.81. The topological polar surface area (TPSA) is 102 Å². The fourth-order valence-corrected chi connectivity index (χ4v) is 2.12. The Morgan fingerprint density at radius 3 is 2.80 bits per heavy atom. The van der Waals surface area contributed by atoms with Gasteiger partial charge in [0.2, 0.25) is 5.95 Å². The van der Waals surface area contributed by atoms with Crippen molar-refractivity contribution in [3.63, 3.8) is 0 Å². The Hall–Kier alpha value is -2.83. The highest BCUT2D eigenvalue weighted by Gasteiger charge is 2.18. The Morgan fingerprint density at radius 2 is 2.15 bits per heavy atom. The molecule has 0 spiro atoms. The van der Waals surface area contributed by atoms with Crippen LogP contribution in [0.15, 0.2) is 24.3 Å². The van der Waals surface area contributed by atoms with E-state index in [1.165, 1.54) is 4.68 Å². The minimum atomic E-state index is -0.343. The molecular weight excluding hydrogens is 256 g/mol. The van der Waals surface area contributed by atoms with Crippen LogP contribution in [0.2, 0.25) is 0 Å². The molecule has 1 aromatic carbocycles. The average molecular weight is 270 g/mol. The lowest BCUT2D eigenvalue weighted by molar-refractivity contribution is 0.101. The second kappa shape index (κ2) is 4.37. The van der Waals surface area contributed by atoms with Crippen LogP contribution in [0.1, 0.15) is 16.2 Å². The van der Waals surface area contributed by atoms with E-state index in [4.69, 9.17) is 5.73 Å². The molecule has 3 aromatic rings. The van der Waals surface area contributed by atoms with Gasteiger partial charge < -0.3 is 10.7 Å². The lowest BCUT2D eigenvalue weighted by Crippen LogP contribution is -2.18. The highest BCUT2D eigenvalue weighted by atomic mass is 16.2. The van der Waals surface area contributed by atoms with E-state index >= 15 is 0 Å². The fourth-order valence-electron chi connectivity index (χ4n) is 2.12. The minimum Gasteiger partial charge on any atom is -0.395 e. The molecule has 0 aliphatic rings. The number of fused-ring (bicyclic) bond motifs is 1. The van der Waals surface area contributed by atoms with Crippen LogP contribution in [0.4, 0.5) is 11.6 Å². The van der Waals surface area contributed by atoms with Crippen LogP contribution < -0.4 is 11.1 Å². The molecule has 7 nitrogen and oxygen atoms in total. The molecule has 1 amide bonds. The summed E-state index contributed by atoms with van der Waals surface area (Å²) in [6.45, 7) is 1.76. The number of para-hydroxylation sites is 2. The molecule has 0 aliphatic heterocycles. The predicted octanol–water partition coefficient (Wildman–Crippen LogP) is 1.44. The van der Waals surface area contributed by atoms with E-state index < -0.39 is 0 Å².